The Morgan fingerprint density at radius 2 is 1.86 bits per heavy atom. The van der Waals surface area contributed by atoms with Gasteiger partial charge in [-0.05, 0) is 55.5 Å². The average Bonchev–Trinajstić information content (AvgIpc) is 3.15. The molecule has 0 radical (unpaired) electrons. The van der Waals surface area contributed by atoms with Crippen molar-refractivity contribution >= 4 is 57.6 Å². The molecule has 0 aliphatic rings. The number of thiophene rings is 1. The van der Waals surface area contributed by atoms with Gasteiger partial charge in [-0.1, -0.05) is 23.7 Å². The minimum Gasteiger partial charge on any atom is -0.462 e. The van der Waals surface area contributed by atoms with Crippen molar-refractivity contribution in [3.8, 4) is 0 Å². The van der Waals surface area contributed by atoms with E-state index in [-0.39, 0.29) is 12.5 Å². The van der Waals surface area contributed by atoms with Crippen LogP contribution in [0.15, 0.2) is 60.7 Å². The molecule has 0 atom stereocenters. The fraction of sp³-hybridized carbons (Fsp3) is 0.0952. The minimum absolute atomic E-state index is 0.269. The Kier molecular flexibility index (Phi) is 6.64. The van der Waals surface area contributed by atoms with Gasteiger partial charge < -0.3 is 10.1 Å². The zero-order valence-corrected chi connectivity index (χ0v) is 17.0. The third kappa shape index (κ3) is 5.01. The number of benzene rings is 2. The lowest BCUT2D eigenvalue weighted by Gasteiger charge is -2.16. The molecule has 1 heterocycles. The van der Waals surface area contributed by atoms with Crippen molar-refractivity contribution in [1.82, 2.24) is 0 Å². The van der Waals surface area contributed by atoms with Crippen LogP contribution in [-0.2, 0) is 9.53 Å². The lowest BCUT2D eigenvalue weighted by molar-refractivity contribution is -0.106. The van der Waals surface area contributed by atoms with Gasteiger partial charge in [0.1, 0.15) is 5.00 Å². The largest absolute Gasteiger partial charge is 0.462 e. The van der Waals surface area contributed by atoms with Crippen molar-refractivity contribution in [3.05, 3.63) is 76.1 Å². The van der Waals surface area contributed by atoms with Crippen molar-refractivity contribution in [2.24, 2.45) is 0 Å². The number of carbonyl (C=O) groups excluding carboxylic acids is 3. The van der Waals surface area contributed by atoms with Gasteiger partial charge in [0.05, 0.1) is 22.2 Å². The molecule has 3 aromatic rings. The first kappa shape index (κ1) is 20.6. The quantitative estimate of drug-likeness (QED) is 0.418. The number of nitrogens with one attached hydrogen (secondary N) is 1. The first-order valence-corrected chi connectivity index (χ1v) is 9.89. The van der Waals surface area contributed by atoms with Crippen LogP contribution in [0.5, 0.6) is 0 Å². The van der Waals surface area contributed by atoms with E-state index in [0.717, 1.165) is 0 Å². The fourth-order valence-corrected chi connectivity index (χ4v) is 3.63. The van der Waals surface area contributed by atoms with E-state index >= 15 is 0 Å². The number of esters is 1. The van der Waals surface area contributed by atoms with Crippen LogP contribution in [0.25, 0.3) is 0 Å². The number of hydrogen-bond acceptors (Lipinski definition) is 5. The number of carbonyl (C=O) groups is 3. The van der Waals surface area contributed by atoms with Crippen LogP contribution < -0.4 is 10.2 Å². The molecule has 0 fully saturated rings. The molecule has 1 N–H and O–H groups in total. The lowest BCUT2D eigenvalue weighted by atomic mass is 10.1. The summed E-state index contributed by atoms with van der Waals surface area (Å²) in [5.74, 6) is -0.829. The Morgan fingerprint density at radius 3 is 2.55 bits per heavy atom. The maximum absolute atomic E-state index is 12.7. The van der Waals surface area contributed by atoms with Crippen molar-refractivity contribution < 1.29 is 19.1 Å². The van der Waals surface area contributed by atoms with Gasteiger partial charge in [-0.2, -0.15) is 0 Å². The van der Waals surface area contributed by atoms with Crippen LogP contribution in [0.2, 0.25) is 4.34 Å². The van der Waals surface area contributed by atoms with E-state index in [2.05, 4.69) is 5.32 Å². The Labute approximate surface area is 176 Å². The number of hydrogen-bond donors (Lipinski definition) is 1. The molecular formula is C21H17ClN2O4S. The van der Waals surface area contributed by atoms with E-state index < -0.39 is 5.97 Å². The summed E-state index contributed by atoms with van der Waals surface area (Å²) in [6.45, 7) is 1.99. The molecule has 0 saturated carbocycles. The number of ether oxygens (including phenoxy) is 1. The monoisotopic (exact) mass is 428 g/mol. The first-order valence-electron chi connectivity index (χ1n) is 8.70. The molecule has 0 spiro atoms. The average molecular weight is 429 g/mol. The Bertz CT molecular complexity index is 1050. The summed E-state index contributed by atoms with van der Waals surface area (Å²) in [5.41, 5.74) is 1.70. The summed E-state index contributed by atoms with van der Waals surface area (Å²) in [6.07, 6.45) is 0.669. The maximum atomic E-state index is 12.7. The predicted octanol–water partition coefficient (Wildman–Crippen LogP) is 5.13. The standard InChI is InChI=1S/C21H17ClN2O4S/c1-2-28-21(27)15-6-3-7-16(11-15)23-20(26)14-5-4-8-17(12-14)24(13-25)19-10-9-18(22)29-19/h3-13H,2H2,1H3,(H,23,26). The highest BCUT2D eigenvalue weighted by molar-refractivity contribution is 7.20. The highest BCUT2D eigenvalue weighted by atomic mass is 35.5. The number of amides is 2. The smallest absolute Gasteiger partial charge is 0.338 e. The third-order valence-corrected chi connectivity index (χ3v) is 5.15. The van der Waals surface area contributed by atoms with Gasteiger partial charge >= 0.3 is 5.97 Å². The molecule has 0 aliphatic heterocycles. The molecule has 6 nitrogen and oxygen atoms in total. The second-order valence-corrected chi connectivity index (χ2v) is 7.55. The molecule has 8 heteroatoms. The van der Waals surface area contributed by atoms with Crippen LogP contribution in [0.4, 0.5) is 16.4 Å². The van der Waals surface area contributed by atoms with Crippen molar-refractivity contribution in [2.75, 3.05) is 16.8 Å². The zero-order chi connectivity index (χ0) is 20.8. The molecule has 0 unspecified atom stereocenters. The Morgan fingerprint density at radius 1 is 1.10 bits per heavy atom. The van der Waals surface area contributed by atoms with Gasteiger partial charge in [0.15, 0.2) is 0 Å². The molecule has 0 bridgehead atoms. The van der Waals surface area contributed by atoms with E-state index in [1.165, 1.54) is 16.2 Å². The topological polar surface area (TPSA) is 75.7 Å². The maximum Gasteiger partial charge on any atom is 0.338 e. The van der Waals surface area contributed by atoms with Crippen molar-refractivity contribution in [1.29, 1.82) is 0 Å². The van der Waals surface area contributed by atoms with Crippen molar-refractivity contribution in [3.63, 3.8) is 0 Å². The van der Waals surface area contributed by atoms with E-state index in [0.29, 0.717) is 38.2 Å². The van der Waals surface area contributed by atoms with Gasteiger partial charge in [0.2, 0.25) is 6.41 Å². The molecule has 0 saturated heterocycles. The van der Waals surface area contributed by atoms with Gasteiger partial charge in [-0.3, -0.25) is 14.5 Å². The highest BCUT2D eigenvalue weighted by Gasteiger charge is 2.14. The summed E-state index contributed by atoms with van der Waals surface area (Å²) >= 11 is 7.21. The van der Waals surface area contributed by atoms with Crippen LogP contribution in [0.3, 0.4) is 0 Å². The molecule has 2 aromatic carbocycles. The summed E-state index contributed by atoms with van der Waals surface area (Å²) in [4.78, 5) is 37.5. The van der Waals surface area contributed by atoms with E-state index in [4.69, 9.17) is 16.3 Å². The van der Waals surface area contributed by atoms with E-state index in [1.54, 1.807) is 67.6 Å². The number of rotatable bonds is 7. The summed E-state index contributed by atoms with van der Waals surface area (Å²) in [6, 6.07) is 16.6. The molecule has 2 amide bonds. The van der Waals surface area contributed by atoms with E-state index in [1.807, 2.05) is 0 Å². The minimum atomic E-state index is -0.457. The summed E-state index contributed by atoms with van der Waals surface area (Å²) in [7, 11) is 0. The van der Waals surface area contributed by atoms with Crippen LogP contribution in [-0.4, -0.2) is 24.9 Å². The lowest BCUT2D eigenvalue weighted by Crippen LogP contribution is -2.16. The number of nitrogens with zero attached hydrogens (tertiary/aromatic N) is 1. The first-order chi connectivity index (χ1) is 14.0. The van der Waals surface area contributed by atoms with Crippen LogP contribution in [0, 0.1) is 0 Å². The molecule has 3 rings (SSSR count). The molecule has 0 aliphatic carbocycles. The number of anilines is 3. The number of halogens is 1. The Hall–Kier alpha value is -3.16. The SMILES string of the molecule is CCOC(=O)c1cccc(NC(=O)c2cccc(N(C=O)c3ccc(Cl)s3)c2)c1. The molecular weight excluding hydrogens is 412 g/mol. The third-order valence-electron chi connectivity index (χ3n) is 3.92. The summed E-state index contributed by atoms with van der Waals surface area (Å²) < 4.78 is 5.53. The normalized spacial score (nSPS) is 10.3. The van der Waals surface area contributed by atoms with Crippen LogP contribution >= 0.6 is 22.9 Å². The molecule has 148 valence electrons. The Balaban J connectivity index is 1.80. The second kappa shape index (κ2) is 9.36. The second-order valence-electron chi connectivity index (χ2n) is 5.86. The zero-order valence-electron chi connectivity index (χ0n) is 15.4. The van der Waals surface area contributed by atoms with Crippen LogP contribution in [0.1, 0.15) is 27.6 Å². The van der Waals surface area contributed by atoms with Gasteiger partial charge in [-0.25, -0.2) is 4.79 Å². The summed E-state index contributed by atoms with van der Waals surface area (Å²) in [5, 5.41) is 3.39. The molecule has 29 heavy (non-hydrogen) atoms. The van der Waals surface area contributed by atoms with Crippen molar-refractivity contribution in [2.45, 2.75) is 6.92 Å². The fourth-order valence-electron chi connectivity index (χ4n) is 2.61. The predicted molar refractivity (Wildman–Crippen MR) is 114 cm³/mol. The van der Waals surface area contributed by atoms with Gasteiger partial charge in [-0.15, -0.1) is 11.3 Å². The van der Waals surface area contributed by atoms with E-state index in [9.17, 15) is 14.4 Å². The van der Waals surface area contributed by atoms with Gasteiger partial charge in [0, 0.05) is 11.3 Å². The molecule has 1 aromatic heterocycles. The van der Waals surface area contributed by atoms with Gasteiger partial charge in [0.25, 0.3) is 5.91 Å². The highest BCUT2D eigenvalue weighted by Crippen LogP contribution is 2.33.